The molecule has 1 fully saturated rings. The standard InChI is InChI=1S/C26H30N2O3/c1-19(24-11-5-8-21-7-2-3-10-25(21)24)27-13-12-23-18-28(14-15-31-23)17-20-6-4-9-22(16-20)26(29)30/h2-11,16,19,23,27H,12-15,17-18H2,1H3,(H,29,30). The summed E-state index contributed by atoms with van der Waals surface area (Å²) in [5.74, 6) is -0.881. The summed E-state index contributed by atoms with van der Waals surface area (Å²) in [6.07, 6.45) is 1.13. The van der Waals surface area contributed by atoms with E-state index in [1.54, 1.807) is 12.1 Å². The average Bonchev–Trinajstić information content (AvgIpc) is 2.79. The van der Waals surface area contributed by atoms with E-state index in [0.717, 1.165) is 38.2 Å². The van der Waals surface area contributed by atoms with Crippen molar-refractivity contribution in [1.82, 2.24) is 10.2 Å². The van der Waals surface area contributed by atoms with Crippen LogP contribution in [-0.4, -0.2) is 48.3 Å². The Hall–Kier alpha value is -2.73. The number of nitrogens with zero attached hydrogens (tertiary/aromatic N) is 1. The van der Waals surface area contributed by atoms with Gasteiger partial charge in [-0.3, -0.25) is 4.90 Å². The zero-order chi connectivity index (χ0) is 21.6. The molecule has 3 aromatic rings. The highest BCUT2D eigenvalue weighted by atomic mass is 16.5. The number of aromatic carboxylic acids is 1. The minimum atomic E-state index is -0.881. The summed E-state index contributed by atoms with van der Waals surface area (Å²) < 4.78 is 5.99. The lowest BCUT2D eigenvalue weighted by atomic mass is 9.99. The van der Waals surface area contributed by atoms with Crippen LogP contribution < -0.4 is 5.32 Å². The van der Waals surface area contributed by atoms with E-state index in [2.05, 4.69) is 59.6 Å². The fourth-order valence-corrected chi connectivity index (χ4v) is 4.36. The first-order valence-electron chi connectivity index (χ1n) is 11.0. The van der Waals surface area contributed by atoms with E-state index < -0.39 is 5.97 Å². The third-order valence-corrected chi connectivity index (χ3v) is 6.01. The van der Waals surface area contributed by atoms with Crippen LogP contribution in [0.25, 0.3) is 10.8 Å². The molecule has 5 heteroatoms. The number of fused-ring (bicyclic) bond motifs is 1. The summed E-state index contributed by atoms with van der Waals surface area (Å²) in [6.45, 7) is 6.29. The lowest BCUT2D eigenvalue weighted by molar-refractivity contribution is -0.0346. The van der Waals surface area contributed by atoms with E-state index in [9.17, 15) is 9.90 Å². The van der Waals surface area contributed by atoms with Crippen molar-refractivity contribution in [2.24, 2.45) is 0 Å². The lowest BCUT2D eigenvalue weighted by Crippen LogP contribution is -2.43. The molecule has 0 saturated carbocycles. The number of ether oxygens (including phenoxy) is 1. The van der Waals surface area contributed by atoms with Gasteiger partial charge in [-0.25, -0.2) is 4.79 Å². The molecule has 2 atom stereocenters. The molecule has 0 bridgehead atoms. The number of carbonyl (C=O) groups is 1. The van der Waals surface area contributed by atoms with Crippen LogP contribution >= 0.6 is 0 Å². The number of hydrogen-bond acceptors (Lipinski definition) is 4. The van der Waals surface area contributed by atoms with Crippen molar-refractivity contribution >= 4 is 16.7 Å². The van der Waals surface area contributed by atoms with Crippen molar-refractivity contribution in [2.45, 2.75) is 32.0 Å². The number of benzene rings is 3. The normalized spacial score (nSPS) is 18.2. The van der Waals surface area contributed by atoms with Crippen molar-refractivity contribution in [3.8, 4) is 0 Å². The van der Waals surface area contributed by atoms with Gasteiger partial charge in [0.2, 0.25) is 0 Å². The Morgan fingerprint density at radius 2 is 1.97 bits per heavy atom. The molecule has 2 unspecified atom stereocenters. The molecule has 0 amide bonds. The Kier molecular flexibility index (Phi) is 6.97. The van der Waals surface area contributed by atoms with E-state index >= 15 is 0 Å². The van der Waals surface area contributed by atoms with E-state index in [0.29, 0.717) is 12.2 Å². The van der Waals surface area contributed by atoms with Crippen LogP contribution in [0.1, 0.15) is 40.9 Å². The second-order valence-corrected chi connectivity index (χ2v) is 8.27. The highest BCUT2D eigenvalue weighted by molar-refractivity contribution is 5.87. The van der Waals surface area contributed by atoms with Crippen LogP contribution in [0.2, 0.25) is 0 Å². The Balaban J connectivity index is 1.29. The molecule has 31 heavy (non-hydrogen) atoms. The first kappa shape index (κ1) is 21.5. The Labute approximate surface area is 183 Å². The first-order valence-corrected chi connectivity index (χ1v) is 11.0. The number of carboxylic acids is 1. The predicted molar refractivity (Wildman–Crippen MR) is 123 cm³/mol. The largest absolute Gasteiger partial charge is 0.478 e. The van der Waals surface area contributed by atoms with Crippen LogP contribution in [-0.2, 0) is 11.3 Å². The zero-order valence-corrected chi connectivity index (χ0v) is 18.0. The van der Waals surface area contributed by atoms with Crippen LogP contribution in [0.15, 0.2) is 66.7 Å². The second-order valence-electron chi connectivity index (χ2n) is 8.27. The molecule has 0 aromatic heterocycles. The summed E-state index contributed by atoms with van der Waals surface area (Å²) >= 11 is 0. The number of rotatable bonds is 8. The summed E-state index contributed by atoms with van der Waals surface area (Å²) in [5.41, 5.74) is 2.69. The van der Waals surface area contributed by atoms with Gasteiger partial charge in [0, 0.05) is 25.7 Å². The minimum absolute atomic E-state index is 0.184. The van der Waals surface area contributed by atoms with Gasteiger partial charge in [0.1, 0.15) is 0 Å². The molecule has 5 nitrogen and oxygen atoms in total. The molecule has 1 aliphatic heterocycles. The van der Waals surface area contributed by atoms with Crippen LogP contribution in [0, 0.1) is 0 Å². The van der Waals surface area contributed by atoms with Gasteiger partial charge in [0.25, 0.3) is 0 Å². The third kappa shape index (κ3) is 5.50. The van der Waals surface area contributed by atoms with Gasteiger partial charge < -0.3 is 15.2 Å². The molecule has 0 radical (unpaired) electrons. The topological polar surface area (TPSA) is 61.8 Å². The first-order chi connectivity index (χ1) is 15.1. The maximum absolute atomic E-state index is 11.2. The summed E-state index contributed by atoms with van der Waals surface area (Å²) in [4.78, 5) is 13.6. The van der Waals surface area contributed by atoms with Gasteiger partial charge in [0.05, 0.1) is 18.3 Å². The van der Waals surface area contributed by atoms with Gasteiger partial charge in [-0.05, 0) is 53.9 Å². The molecule has 2 N–H and O–H groups in total. The number of nitrogens with one attached hydrogen (secondary N) is 1. The maximum Gasteiger partial charge on any atom is 0.335 e. The SMILES string of the molecule is CC(NCCC1CN(Cc2cccc(C(=O)O)c2)CCO1)c1cccc2ccccc12. The summed E-state index contributed by atoms with van der Waals surface area (Å²) in [6, 6.07) is 22.5. The highest BCUT2D eigenvalue weighted by Gasteiger charge is 2.21. The van der Waals surface area contributed by atoms with E-state index in [-0.39, 0.29) is 12.1 Å². The van der Waals surface area contributed by atoms with Crippen LogP contribution in [0.3, 0.4) is 0 Å². The van der Waals surface area contributed by atoms with Crippen molar-refractivity contribution in [2.75, 3.05) is 26.2 Å². The van der Waals surface area contributed by atoms with Crippen molar-refractivity contribution in [3.63, 3.8) is 0 Å². The predicted octanol–water partition coefficient (Wildman–Crippen LogP) is 4.48. The Bertz CT molecular complexity index is 1030. The van der Waals surface area contributed by atoms with Crippen molar-refractivity contribution in [1.29, 1.82) is 0 Å². The van der Waals surface area contributed by atoms with Gasteiger partial charge in [-0.15, -0.1) is 0 Å². The van der Waals surface area contributed by atoms with E-state index in [4.69, 9.17) is 4.74 Å². The molecule has 4 rings (SSSR count). The molecule has 162 valence electrons. The molecule has 1 aliphatic rings. The maximum atomic E-state index is 11.2. The number of carboxylic acid groups (broad SMARTS) is 1. The summed E-state index contributed by atoms with van der Waals surface area (Å²) in [5, 5.41) is 15.4. The van der Waals surface area contributed by atoms with Gasteiger partial charge >= 0.3 is 5.97 Å². The fourth-order valence-electron chi connectivity index (χ4n) is 4.36. The minimum Gasteiger partial charge on any atom is -0.478 e. The van der Waals surface area contributed by atoms with Gasteiger partial charge in [-0.2, -0.15) is 0 Å². The second kappa shape index (κ2) is 10.1. The van der Waals surface area contributed by atoms with Crippen LogP contribution in [0.5, 0.6) is 0 Å². The summed E-state index contributed by atoms with van der Waals surface area (Å²) in [7, 11) is 0. The van der Waals surface area contributed by atoms with Gasteiger partial charge in [-0.1, -0.05) is 54.6 Å². The van der Waals surface area contributed by atoms with Gasteiger partial charge in [0.15, 0.2) is 0 Å². The monoisotopic (exact) mass is 418 g/mol. The molecule has 0 spiro atoms. The molecule has 3 aromatic carbocycles. The smallest absolute Gasteiger partial charge is 0.335 e. The van der Waals surface area contributed by atoms with E-state index in [1.165, 1.54) is 16.3 Å². The number of hydrogen-bond donors (Lipinski definition) is 2. The third-order valence-electron chi connectivity index (χ3n) is 6.01. The average molecular weight is 419 g/mol. The van der Waals surface area contributed by atoms with Crippen molar-refractivity contribution in [3.05, 3.63) is 83.4 Å². The highest BCUT2D eigenvalue weighted by Crippen LogP contribution is 2.24. The van der Waals surface area contributed by atoms with E-state index in [1.807, 2.05) is 12.1 Å². The lowest BCUT2D eigenvalue weighted by Gasteiger charge is -2.33. The quantitative estimate of drug-likeness (QED) is 0.565. The molecular weight excluding hydrogens is 388 g/mol. The molecule has 0 aliphatic carbocycles. The van der Waals surface area contributed by atoms with Crippen molar-refractivity contribution < 1.29 is 14.6 Å². The number of morpholine rings is 1. The Morgan fingerprint density at radius 1 is 1.16 bits per heavy atom. The molecule has 1 heterocycles. The van der Waals surface area contributed by atoms with Crippen LogP contribution in [0.4, 0.5) is 0 Å². The zero-order valence-electron chi connectivity index (χ0n) is 18.0. The Morgan fingerprint density at radius 3 is 2.84 bits per heavy atom. The molecular formula is C26H30N2O3. The fraction of sp³-hybridized carbons (Fsp3) is 0.346. The molecule has 1 saturated heterocycles.